The van der Waals surface area contributed by atoms with Crippen LogP contribution in [-0.4, -0.2) is 169 Å². The Balaban J connectivity index is 1.88. The van der Waals surface area contributed by atoms with Gasteiger partial charge in [-0.3, -0.25) is 47.9 Å². The number of nitrogens with one attached hydrogen (secondary N) is 8. The van der Waals surface area contributed by atoms with Gasteiger partial charge in [-0.05, 0) is 56.1 Å². The van der Waals surface area contributed by atoms with E-state index in [1.165, 1.54) is 6.92 Å². The first-order valence-corrected chi connectivity index (χ1v) is 24.9. The Hall–Kier alpha value is -6.45. The number of thiol groups is 2. The van der Waals surface area contributed by atoms with E-state index in [0.29, 0.717) is 16.5 Å². The number of carbonyl (C=O) groups is 11. The Kier molecular flexibility index (Phi) is 23.9. The Labute approximate surface area is 432 Å². The number of rotatable bonds is 29. The number of amides is 9. The van der Waals surface area contributed by atoms with Gasteiger partial charge in [-0.1, -0.05) is 45.9 Å². The highest BCUT2D eigenvalue weighted by Crippen LogP contribution is 2.22. The number of primary amides is 1. The van der Waals surface area contributed by atoms with Crippen molar-refractivity contribution in [2.24, 2.45) is 23.3 Å². The average Bonchev–Trinajstić information content (AvgIpc) is 3.98. The van der Waals surface area contributed by atoms with Gasteiger partial charge in [0, 0.05) is 48.0 Å². The van der Waals surface area contributed by atoms with Crippen molar-refractivity contribution in [3.05, 3.63) is 36.0 Å². The summed E-state index contributed by atoms with van der Waals surface area (Å²) in [5, 5.41) is 48.1. The molecule has 2 aromatic rings. The van der Waals surface area contributed by atoms with Crippen molar-refractivity contribution < 1.29 is 68.1 Å². The normalized spacial score (nSPS) is 17.1. The Bertz CT molecular complexity index is 2330. The first-order chi connectivity index (χ1) is 34.3. The maximum absolute atomic E-state index is 14.2. The molecular weight excluding hydrogens is 995 g/mol. The number of H-pyrrole nitrogens is 1. The molecule has 27 heteroatoms. The van der Waals surface area contributed by atoms with Crippen molar-refractivity contribution in [2.45, 2.75) is 140 Å². The molecule has 1 aromatic carbocycles. The number of aromatic nitrogens is 1. The van der Waals surface area contributed by atoms with Crippen LogP contribution in [0.5, 0.6) is 0 Å². The number of fused-ring (bicyclic) bond motifs is 1. The molecule has 9 amide bonds. The fourth-order valence-corrected chi connectivity index (χ4v) is 8.34. The molecule has 0 aliphatic carbocycles. The zero-order valence-electron chi connectivity index (χ0n) is 41.2. The molecule has 1 aliphatic rings. The lowest BCUT2D eigenvalue weighted by atomic mass is 9.99. The van der Waals surface area contributed by atoms with Crippen molar-refractivity contribution in [1.29, 1.82) is 0 Å². The van der Waals surface area contributed by atoms with E-state index in [1.807, 2.05) is 0 Å². The predicted octanol–water partition coefficient (Wildman–Crippen LogP) is -2.81. The van der Waals surface area contributed by atoms with Gasteiger partial charge in [0.15, 0.2) is 0 Å². The maximum Gasteiger partial charge on any atom is 0.327 e. The number of hydrogen-bond donors (Lipinski definition) is 15. The molecule has 15 N–H and O–H groups in total. The molecule has 25 nitrogen and oxygen atoms in total. The van der Waals surface area contributed by atoms with Gasteiger partial charge in [0.25, 0.3) is 0 Å². The molecule has 73 heavy (non-hydrogen) atoms. The predicted molar refractivity (Wildman–Crippen MR) is 270 cm³/mol. The van der Waals surface area contributed by atoms with Crippen LogP contribution in [0.1, 0.15) is 78.7 Å². The van der Waals surface area contributed by atoms with E-state index >= 15 is 0 Å². The first-order valence-electron chi connectivity index (χ1n) is 23.7. The number of nitrogens with two attached hydrogens (primary N) is 2. The van der Waals surface area contributed by atoms with Crippen LogP contribution in [0.4, 0.5) is 0 Å². The Morgan fingerprint density at radius 3 is 1.88 bits per heavy atom. The molecule has 0 radical (unpaired) electrons. The summed E-state index contributed by atoms with van der Waals surface area (Å²) >= 11 is 7.95. The number of likely N-dealkylation sites (tertiary alicyclic amines) is 1. The molecule has 1 aromatic heterocycles. The third-order valence-corrected chi connectivity index (χ3v) is 12.6. The molecule has 0 unspecified atom stereocenters. The average molecular weight is 1060 g/mol. The topological polar surface area (TPSA) is 404 Å². The zero-order valence-corrected chi connectivity index (χ0v) is 43.0. The van der Waals surface area contributed by atoms with Gasteiger partial charge in [-0.15, -0.1) is 0 Å². The summed E-state index contributed by atoms with van der Waals surface area (Å²) < 4.78 is 0. The van der Waals surface area contributed by atoms with E-state index < -0.39 is 138 Å². The number of carboxylic acids is 2. The summed E-state index contributed by atoms with van der Waals surface area (Å²) in [6.07, 6.45) is -1.55. The van der Waals surface area contributed by atoms with Gasteiger partial charge in [0.05, 0.1) is 18.6 Å². The van der Waals surface area contributed by atoms with E-state index in [9.17, 15) is 68.1 Å². The molecular formula is C46H69N11O14S2. The fourth-order valence-electron chi connectivity index (χ4n) is 7.92. The summed E-state index contributed by atoms with van der Waals surface area (Å²) in [5.41, 5.74) is 12.2. The van der Waals surface area contributed by atoms with Gasteiger partial charge in [0.2, 0.25) is 53.2 Å². The Morgan fingerprint density at radius 1 is 0.726 bits per heavy atom. The minimum Gasteiger partial charge on any atom is -0.481 e. The monoisotopic (exact) mass is 1060 g/mol. The van der Waals surface area contributed by atoms with Crippen LogP contribution in [0.25, 0.3) is 10.9 Å². The number of hydrogen-bond acceptors (Lipinski definition) is 15. The van der Waals surface area contributed by atoms with Gasteiger partial charge < -0.3 is 73.9 Å². The number of benzene rings is 1. The number of aromatic amines is 1. The molecule has 0 bridgehead atoms. The SMILES string of the molecule is CC(C)C[C@H](NC(=O)[C@@H]1CCCN1C(=O)[C@H](CC(=O)O)NC(=O)[C@H](CCC(N)=O)NC(=O)[C@@H](N)CS)C(=O)N[C@H](C(=O)N[C@@H](Cc1c[nH]c2ccccc12)C(=O)N[C@H](C(=O)N[C@@H](CS)C(=O)O)C(C)C)[C@@H](C)O. The maximum atomic E-state index is 14.2. The van der Waals surface area contributed by atoms with Crippen LogP contribution in [0.15, 0.2) is 30.5 Å². The largest absolute Gasteiger partial charge is 0.481 e. The molecule has 1 saturated heterocycles. The minimum absolute atomic E-state index is 0.0282. The number of aliphatic hydroxyl groups excluding tert-OH is 1. The van der Waals surface area contributed by atoms with Gasteiger partial charge in [-0.2, -0.15) is 25.3 Å². The van der Waals surface area contributed by atoms with Crippen LogP contribution in [0.3, 0.4) is 0 Å². The second-order valence-corrected chi connectivity index (χ2v) is 19.3. The molecule has 10 atom stereocenters. The number of aliphatic carboxylic acids is 2. The van der Waals surface area contributed by atoms with Crippen molar-refractivity contribution >= 4 is 101 Å². The second kappa shape index (κ2) is 28.7. The van der Waals surface area contributed by atoms with E-state index in [2.05, 4.69) is 67.5 Å². The third-order valence-electron chi connectivity index (χ3n) is 11.9. The summed E-state index contributed by atoms with van der Waals surface area (Å²) in [6, 6.07) is -5.86. The van der Waals surface area contributed by atoms with Crippen molar-refractivity contribution in [3.63, 3.8) is 0 Å². The van der Waals surface area contributed by atoms with Crippen LogP contribution in [0.2, 0.25) is 0 Å². The smallest absolute Gasteiger partial charge is 0.327 e. The lowest BCUT2D eigenvalue weighted by molar-refractivity contribution is -0.146. The number of carbonyl (C=O) groups excluding carboxylic acids is 9. The molecule has 1 aliphatic heterocycles. The Morgan fingerprint density at radius 2 is 1.30 bits per heavy atom. The van der Waals surface area contributed by atoms with Crippen LogP contribution < -0.4 is 48.7 Å². The second-order valence-electron chi connectivity index (χ2n) is 18.6. The van der Waals surface area contributed by atoms with E-state index in [0.717, 1.165) is 4.90 Å². The minimum atomic E-state index is -1.78. The molecule has 3 rings (SSSR count). The van der Waals surface area contributed by atoms with Crippen molar-refractivity contribution in [3.8, 4) is 0 Å². The summed E-state index contributed by atoms with van der Waals surface area (Å²) in [4.78, 5) is 149. The zero-order chi connectivity index (χ0) is 54.9. The number of para-hydroxylation sites is 1. The third kappa shape index (κ3) is 18.2. The molecule has 1 fully saturated rings. The van der Waals surface area contributed by atoms with Crippen LogP contribution >= 0.6 is 25.3 Å². The lowest BCUT2D eigenvalue weighted by Gasteiger charge is -2.31. The summed E-state index contributed by atoms with van der Waals surface area (Å²) in [5.74, 6) is -12.3. The van der Waals surface area contributed by atoms with Gasteiger partial charge >= 0.3 is 11.9 Å². The molecule has 2 heterocycles. The number of carboxylic acid groups (broad SMARTS) is 2. The lowest BCUT2D eigenvalue weighted by Crippen LogP contribution is -2.62. The highest BCUT2D eigenvalue weighted by atomic mass is 32.1. The van der Waals surface area contributed by atoms with E-state index in [4.69, 9.17) is 11.5 Å². The fraction of sp³-hybridized carbons (Fsp3) is 0.587. The van der Waals surface area contributed by atoms with E-state index in [-0.39, 0.29) is 62.5 Å². The van der Waals surface area contributed by atoms with Crippen molar-refractivity contribution in [1.82, 2.24) is 47.1 Å². The van der Waals surface area contributed by atoms with Gasteiger partial charge in [0.1, 0.15) is 48.3 Å². The number of nitrogens with zero attached hydrogens (tertiary/aromatic N) is 1. The first kappa shape index (κ1) is 60.9. The van der Waals surface area contributed by atoms with Crippen LogP contribution in [0, 0.1) is 11.8 Å². The molecule has 0 saturated carbocycles. The van der Waals surface area contributed by atoms with Gasteiger partial charge in [-0.25, -0.2) is 4.79 Å². The number of aliphatic hydroxyl groups is 1. The molecule has 404 valence electrons. The summed E-state index contributed by atoms with van der Waals surface area (Å²) in [6.45, 7) is 7.83. The quantitative estimate of drug-likeness (QED) is 0.0366. The standard InChI is InChI=1S/C46H69N11O14S2/c1-21(2)15-29(51-42(66)33-11-8-14-57(33)45(69)31(17-35(60)61)53-39(63)28(12-13-34(48)59)50-38(62)26(47)19-72)40(64)56-37(23(5)58)44(68)52-30(16-24-18-49-27-10-7-6-9-25(24)27)41(65)55-36(22(3)4)43(67)54-32(20-73)46(70)71/h6-7,9-10,18,21-23,26,28-33,36-37,49,58,72-73H,8,11-17,19-20,47H2,1-5H3,(H2,48,59)(H,50,62)(H,51,66)(H,52,68)(H,53,63)(H,54,67)(H,55,65)(H,56,64)(H,60,61)(H,70,71)/t23-,26+,28+,29+,30+,31+,32+,33+,36+,37+/m1/s1. The highest BCUT2D eigenvalue weighted by Gasteiger charge is 2.41. The van der Waals surface area contributed by atoms with Crippen LogP contribution in [-0.2, 0) is 59.2 Å². The highest BCUT2D eigenvalue weighted by molar-refractivity contribution is 7.80. The summed E-state index contributed by atoms with van der Waals surface area (Å²) in [7, 11) is 0. The van der Waals surface area contributed by atoms with E-state index in [1.54, 1.807) is 58.2 Å². The van der Waals surface area contributed by atoms with Crippen molar-refractivity contribution in [2.75, 3.05) is 18.1 Å². The molecule has 0 spiro atoms.